The summed E-state index contributed by atoms with van der Waals surface area (Å²) in [7, 11) is 0. The Bertz CT molecular complexity index is 751. The summed E-state index contributed by atoms with van der Waals surface area (Å²) in [6.07, 6.45) is -0.205. The molecule has 2 heterocycles. The Kier molecular flexibility index (Phi) is 6.61. The van der Waals surface area contributed by atoms with Gasteiger partial charge in [0.1, 0.15) is 5.69 Å². The van der Waals surface area contributed by atoms with Gasteiger partial charge in [-0.2, -0.15) is 13.2 Å². The van der Waals surface area contributed by atoms with E-state index in [-0.39, 0.29) is 30.6 Å². The minimum Gasteiger partial charge on any atom is -0.379 e. The zero-order valence-electron chi connectivity index (χ0n) is 16.1. The highest BCUT2D eigenvalue weighted by atomic mass is 19.4. The van der Waals surface area contributed by atoms with Crippen molar-refractivity contribution in [3.05, 3.63) is 33.9 Å². The monoisotopic (exact) mass is 414 g/mol. The highest BCUT2D eigenvalue weighted by Gasteiger charge is 2.33. The van der Waals surface area contributed by atoms with Crippen LogP contribution in [0.4, 0.5) is 24.5 Å². The number of benzene rings is 1. The maximum Gasteiger partial charge on any atom is 0.416 e. The second-order valence-corrected chi connectivity index (χ2v) is 7.55. The van der Waals surface area contributed by atoms with Crippen molar-refractivity contribution in [1.82, 2.24) is 9.80 Å². The summed E-state index contributed by atoms with van der Waals surface area (Å²) in [6, 6.07) is 2.54. The second-order valence-electron chi connectivity index (χ2n) is 7.55. The van der Waals surface area contributed by atoms with Gasteiger partial charge in [-0.15, -0.1) is 0 Å². The Morgan fingerprint density at radius 3 is 2.59 bits per heavy atom. The fraction of sp³-hybridized carbons (Fsp3) is 0.632. The van der Waals surface area contributed by atoms with Gasteiger partial charge < -0.3 is 15.1 Å². The molecule has 2 saturated heterocycles. The van der Waals surface area contributed by atoms with Gasteiger partial charge in [-0.3, -0.25) is 14.9 Å². The molecule has 7 nitrogen and oxygen atoms in total. The van der Waals surface area contributed by atoms with E-state index in [1.165, 1.54) is 12.8 Å². The number of hydrogen-bond donors (Lipinski definition) is 1. The summed E-state index contributed by atoms with van der Waals surface area (Å²) < 4.78 is 38.3. The van der Waals surface area contributed by atoms with Crippen LogP contribution in [0.15, 0.2) is 18.2 Å². The molecule has 10 heteroatoms. The van der Waals surface area contributed by atoms with Gasteiger partial charge in [-0.05, 0) is 50.9 Å². The van der Waals surface area contributed by atoms with E-state index >= 15 is 0 Å². The van der Waals surface area contributed by atoms with Crippen LogP contribution >= 0.6 is 0 Å². The lowest BCUT2D eigenvalue weighted by Crippen LogP contribution is -2.43. The van der Waals surface area contributed by atoms with E-state index in [0.717, 1.165) is 44.6 Å². The predicted molar refractivity (Wildman–Crippen MR) is 102 cm³/mol. The number of hydrogen-bond acceptors (Lipinski definition) is 5. The highest BCUT2D eigenvalue weighted by molar-refractivity contribution is 5.77. The Morgan fingerprint density at radius 1 is 1.21 bits per heavy atom. The zero-order valence-corrected chi connectivity index (χ0v) is 16.1. The summed E-state index contributed by atoms with van der Waals surface area (Å²) in [5.41, 5.74) is -1.75. The molecule has 1 amide bonds. The molecule has 1 atom stereocenters. The Labute approximate surface area is 167 Å². The van der Waals surface area contributed by atoms with E-state index < -0.39 is 22.4 Å². The molecule has 3 rings (SSSR count). The van der Waals surface area contributed by atoms with E-state index in [2.05, 4.69) is 10.2 Å². The molecule has 1 aromatic rings. The van der Waals surface area contributed by atoms with Crippen molar-refractivity contribution in [2.24, 2.45) is 0 Å². The van der Waals surface area contributed by atoms with Crippen LogP contribution in [0.3, 0.4) is 0 Å². The Balaban J connectivity index is 1.56. The number of nitro benzene ring substituents is 1. The Morgan fingerprint density at radius 2 is 1.93 bits per heavy atom. The molecule has 0 aliphatic carbocycles. The number of anilines is 1. The molecule has 2 fully saturated rings. The molecule has 2 aliphatic heterocycles. The van der Waals surface area contributed by atoms with Crippen molar-refractivity contribution in [1.29, 1.82) is 0 Å². The van der Waals surface area contributed by atoms with Crippen LogP contribution < -0.4 is 5.32 Å². The first kappa shape index (κ1) is 21.4. The number of rotatable bonds is 7. The number of likely N-dealkylation sites (tertiary alicyclic amines) is 2. The third kappa shape index (κ3) is 5.37. The van der Waals surface area contributed by atoms with Crippen molar-refractivity contribution >= 4 is 17.3 Å². The molecule has 1 unspecified atom stereocenters. The van der Waals surface area contributed by atoms with Crippen LogP contribution in [0.2, 0.25) is 0 Å². The summed E-state index contributed by atoms with van der Waals surface area (Å²) in [6.45, 7) is 3.84. The maximum absolute atomic E-state index is 12.8. The Hall–Kier alpha value is -2.36. The predicted octanol–water partition coefficient (Wildman–Crippen LogP) is 3.50. The molecule has 1 N–H and O–H groups in total. The van der Waals surface area contributed by atoms with Crippen molar-refractivity contribution in [2.45, 2.75) is 44.3 Å². The average Bonchev–Trinajstić information content (AvgIpc) is 3.33. The maximum atomic E-state index is 12.8. The summed E-state index contributed by atoms with van der Waals surface area (Å²) in [5.74, 6) is -0.0336. The highest BCUT2D eigenvalue weighted by Crippen LogP contribution is 2.35. The molecule has 0 radical (unpaired) electrons. The molecular formula is C19H25F3N4O3. The first-order chi connectivity index (χ1) is 13.8. The van der Waals surface area contributed by atoms with Gasteiger partial charge in [-0.25, -0.2) is 0 Å². The van der Waals surface area contributed by atoms with Gasteiger partial charge in [-0.1, -0.05) is 0 Å². The number of halogens is 3. The number of carbonyl (C=O) groups is 1. The topological polar surface area (TPSA) is 78.7 Å². The minimum absolute atomic E-state index is 0.0224. The van der Waals surface area contributed by atoms with Crippen LogP contribution in [-0.4, -0.2) is 59.4 Å². The van der Waals surface area contributed by atoms with Gasteiger partial charge in [0.2, 0.25) is 5.91 Å². The van der Waals surface area contributed by atoms with Gasteiger partial charge in [0.15, 0.2) is 0 Å². The third-order valence-corrected chi connectivity index (χ3v) is 5.54. The number of alkyl halides is 3. The molecule has 160 valence electrons. The lowest BCUT2D eigenvalue weighted by molar-refractivity contribution is -0.384. The number of nitrogens with one attached hydrogen (secondary N) is 1. The standard InChI is InChI=1S/C19H25F3N4O3/c20-19(21,22)14-5-6-16(17(12-14)26(28)29)23-8-7-18(27)25-11-3-4-15(25)13-24-9-1-2-10-24/h5-6,12,15,23H,1-4,7-11,13H2. The number of nitrogens with zero attached hydrogens (tertiary/aromatic N) is 3. The van der Waals surface area contributed by atoms with E-state index in [1.54, 1.807) is 0 Å². The lowest BCUT2D eigenvalue weighted by atomic mass is 10.1. The van der Waals surface area contributed by atoms with Crippen LogP contribution in [-0.2, 0) is 11.0 Å². The fourth-order valence-corrected chi connectivity index (χ4v) is 4.07. The lowest BCUT2D eigenvalue weighted by Gasteiger charge is -2.28. The molecule has 0 aromatic heterocycles. The van der Waals surface area contributed by atoms with E-state index in [9.17, 15) is 28.1 Å². The van der Waals surface area contributed by atoms with Gasteiger partial charge >= 0.3 is 6.18 Å². The van der Waals surface area contributed by atoms with Crippen LogP contribution in [0, 0.1) is 10.1 Å². The second kappa shape index (κ2) is 8.98. The SMILES string of the molecule is O=C(CCNc1ccc(C(F)(F)F)cc1[N+](=O)[O-])N1CCCC1CN1CCCC1. The van der Waals surface area contributed by atoms with Gasteiger partial charge in [0.05, 0.1) is 10.5 Å². The third-order valence-electron chi connectivity index (χ3n) is 5.54. The molecule has 2 aliphatic rings. The summed E-state index contributed by atoms with van der Waals surface area (Å²) in [5, 5.41) is 13.9. The van der Waals surface area contributed by atoms with Crippen LogP contribution in [0.5, 0.6) is 0 Å². The quantitative estimate of drug-likeness (QED) is 0.546. The molecule has 0 saturated carbocycles. The molecule has 0 bridgehead atoms. The molecular weight excluding hydrogens is 389 g/mol. The molecule has 0 spiro atoms. The fourth-order valence-electron chi connectivity index (χ4n) is 4.07. The van der Waals surface area contributed by atoms with E-state index in [4.69, 9.17) is 0 Å². The van der Waals surface area contributed by atoms with E-state index in [1.807, 2.05) is 4.90 Å². The van der Waals surface area contributed by atoms with Crippen LogP contribution in [0.25, 0.3) is 0 Å². The first-order valence-corrected chi connectivity index (χ1v) is 9.87. The first-order valence-electron chi connectivity index (χ1n) is 9.87. The van der Waals surface area contributed by atoms with Crippen molar-refractivity contribution < 1.29 is 22.9 Å². The number of carbonyl (C=O) groups excluding carboxylic acids is 1. The number of nitro groups is 1. The zero-order chi connectivity index (χ0) is 21.0. The van der Waals surface area contributed by atoms with Crippen molar-refractivity contribution in [2.75, 3.05) is 38.0 Å². The normalized spacial score (nSPS) is 20.2. The van der Waals surface area contributed by atoms with Crippen LogP contribution in [0.1, 0.15) is 37.7 Å². The number of amides is 1. The van der Waals surface area contributed by atoms with E-state index in [0.29, 0.717) is 12.6 Å². The summed E-state index contributed by atoms with van der Waals surface area (Å²) in [4.78, 5) is 27.1. The van der Waals surface area contributed by atoms with Crippen molar-refractivity contribution in [3.8, 4) is 0 Å². The van der Waals surface area contributed by atoms with Gasteiger partial charge in [0, 0.05) is 38.2 Å². The smallest absolute Gasteiger partial charge is 0.379 e. The van der Waals surface area contributed by atoms with Crippen molar-refractivity contribution in [3.63, 3.8) is 0 Å². The van der Waals surface area contributed by atoms with Gasteiger partial charge in [0.25, 0.3) is 5.69 Å². The molecule has 1 aromatic carbocycles. The minimum atomic E-state index is -4.65. The largest absolute Gasteiger partial charge is 0.416 e. The average molecular weight is 414 g/mol. The summed E-state index contributed by atoms with van der Waals surface area (Å²) >= 11 is 0. The molecule has 29 heavy (non-hydrogen) atoms.